The Hall–Kier alpha value is -4.11. The molecule has 0 aliphatic carbocycles. The van der Waals surface area contributed by atoms with Crippen molar-refractivity contribution in [3.63, 3.8) is 0 Å². The van der Waals surface area contributed by atoms with E-state index in [4.69, 9.17) is 5.10 Å². The lowest BCUT2D eigenvalue weighted by Crippen LogP contribution is -2.41. The number of urea groups is 2. The van der Waals surface area contributed by atoms with Crippen molar-refractivity contribution in [2.24, 2.45) is 5.92 Å². The lowest BCUT2D eigenvalue weighted by atomic mass is 9.90. The Balaban J connectivity index is 1.15. The summed E-state index contributed by atoms with van der Waals surface area (Å²) in [6.07, 6.45) is 2.91. The summed E-state index contributed by atoms with van der Waals surface area (Å²) in [5.41, 5.74) is 4.74. The Morgan fingerprint density at radius 1 is 0.951 bits per heavy atom. The van der Waals surface area contributed by atoms with Gasteiger partial charge in [-0.05, 0) is 79.4 Å². The van der Waals surface area contributed by atoms with E-state index in [1.165, 1.54) is 16.9 Å². The number of nitrogens with one attached hydrogen (secondary N) is 3. The molecule has 0 atom stereocenters. The van der Waals surface area contributed by atoms with Crippen molar-refractivity contribution in [3.8, 4) is 5.69 Å². The molecule has 0 spiro atoms. The number of thiophene rings is 1. The monoisotopic (exact) mass is 570 g/mol. The fourth-order valence-electron chi connectivity index (χ4n) is 4.93. The highest BCUT2D eigenvalue weighted by molar-refractivity contribution is 7.14. The molecule has 214 valence electrons. The van der Waals surface area contributed by atoms with Crippen LogP contribution in [0.5, 0.6) is 0 Å². The van der Waals surface area contributed by atoms with Crippen LogP contribution in [-0.2, 0) is 11.8 Å². The first-order chi connectivity index (χ1) is 19.6. The molecule has 4 amide bonds. The third-order valence-electron chi connectivity index (χ3n) is 7.39. The van der Waals surface area contributed by atoms with Crippen molar-refractivity contribution in [2.75, 3.05) is 29.0 Å². The van der Waals surface area contributed by atoms with Gasteiger partial charge in [0.2, 0.25) is 0 Å². The van der Waals surface area contributed by atoms with Crippen molar-refractivity contribution in [2.45, 2.75) is 52.4 Å². The van der Waals surface area contributed by atoms with Crippen LogP contribution >= 0.6 is 11.3 Å². The maximum Gasteiger partial charge on any atom is 0.324 e. The van der Waals surface area contributed by atoms with Gasteiger partial charge in [-0.25, -0.2) is 14.3 Å². The molecule has 0 saturated carbocycles. The first-order valence-electron chi connectivity index (χ1n) is 14.1. The topological polar surface area (TPSA) is 91.3 Å². The van der Waals surface area contributed by atoms with E-state index in [2.05, 4.69) is 48.9 Å². The highest BCUT2D eigenvalue weighted by Crippen LogP contribution is 2.27. The van der Waals surface area contributed by atoms with Gasteiger partial charge in [-0.3, -0.25) is 10.6 Å². The minimum Gasteiger partial charge on any atom is -0.324 e. The zero-order valence-corrected chi connectivity index (χ0v) is 24.9. The van der Waals surface area contributed by atoms with Crippen LogP contribution in [0.1, 0.15) is 50.4 Å². The molecular formula is C32H38N6O2S. The zero-order chi connectivity index (χ0) is 29.0. The van der Waals surface area contributed by atoms with Crippen molar-refractivity contribution < 1.29 is 9.59 Å². The van der Waals surface area contributed by atoms with E-state index in [-0.39, 0.29) is 17.5 Å². The minimum absolute atomic E-state index is 0.0175. The van der Waals surface area contributed by atoms with E-state index in [0.717, 1.165) is 60.0 Å². The summed E-state index contributed by atoms with van der Waals surface area (Å²) < 4.78 is 1.78. The van der Waals surface area contributed by atoms with Gasteiger partial charge in [0.25, 0.3) is 0 Å². The highest BCUT2D eigenvalue weighted by Gasteiger charge is 2.24. The standard InChI is InChI=1S/C32H38N6O2S/c1-22-7-13-26(14-8-22)38-28(21-27(36-38)32(2,3)4)34-30(39)33-25-11-9-23(10-12-25)20-24-15-17-37(18-16-24)31(40)35-29-6-5-19-41-29/h5-14,19,21,24H,15-18,20H2,1-4H3,(H,35,40)(H2,33,34,39). The third kappa shape index (κ3) is 7.35. The van der Waals surface area contributed by atoms with Gasteiger partial charge in [-0.15, -0.1) is 11.3 Å². The summed E-state index contributed by atoms with van der Waals surface area (Å²) in [5, 5.41) is 16.5. The Labute approximate surface area is 245 Å². The van der Waals surface area contributed by atoms with Gasteiger partial charge in [-0.1, -0.05) is 50.6 Å². The molecule has 41 heavy (non-hydrogen) atoms. The van der Waals surface area contributed by atoms with Crippen LogP contribution in [0, 0.1) is 12.8 Å². The number of anilines is 3. The van der Waals surface area contributed by atoms with Crippen LogP contribution in [0.2, 0.25) is 0 Å². The molecule has 4 aromatic rings. The maximum atomic E-state index is 13.0. The average Bonchev–Trinajstić information content (AvgIpc) is 3.61. The van der Waals surface area contributed by atoms with E-state index in [9.17, 15) is 9.59 Å². The fourth-order valence-corrected chi connectivity index (χ4v) is 5.54. The first-order valence-corrected chi connectivity index (χ1v) is 15.0. The zero-order valence-electron chi connectivity index (χ0n) is 24.1. The second-order valence-electron chi connectivity index (χ2n) is 11.7. The molecule has 0 bridgehead atoms. The maximum absolute atomic E-state index is 13.0. The van der Waals surface area contributed by atoms with Crippen LogP contribution in [-0.4, -0.2) is 39.8 Å². The van der Waals surface area contributed by atoms with E-state index in [1.54, 1.807) is 4.68 Å². The molecule has 9 heteroatoms. The lowest BCUT2D eigenvalue weighted by molar-refractivity contribution is 0.182. The third-order valence-corrected chi connectivity index (χ3v) is 8.17. The number of amides is 4. The van der Waals surface area contributed by atoms with Crippen LogP contribution in [0.25, 0.3) is 5.69 Å². The van der Waals surface area contributed by atoms with Crippen molar-refractivity contribution in [1.82, 2.24) is 14.7 Å². The summed E-state index contributed by atoms with van der Waals surface area (Å²) in [7, 11) is 0. The minimum atomic E-state index is -0.320. The average molecular weight is 571 g/mol. The number of piperidine rings is 1. The normalized spacial score (nSPS) is 14.1. The molecule has 2 aromatic carbocycles. The number of hydrogen-bond donors (Lipinski definition) is 3. The van der Waals surface area contributed by atoms with Gasteiger partial charge in [0.15, 0.2) is 0 Å². The van der Waals surface area contributed by atoms with Gasteiger partial charge in [-0.2, -0.15) is 5.10 Å². The van der Waals surface area contributed by atoms with Crippen LogP contribution in [0.15, 0.2) is 72.1 Å². The van der Waals surface area contributed by atoms with E-state index >= 15 is 0 Å². The summed E-state index contributed by atoms with van der Waals surface area (Å²) in [5.74, 6) is 1.14. The molecule has 1 aliphatic heterocycles. The number of likely N-dealkylation sites (tertiary alicyclic amines) is 1. The van der Waals surface area contributed by atoms with Gasteiger partial charge in [0, 0.05) is 30.3 Å². The van der Waals surface area contributed by atoms with Crippen LogP contribution in [0.4, 0.5) is 26.1 Å². The first kappa shape index (κ1) is 28.4. The van der Waals surface area contributed by atoms with E-state index in [0.29, 0.717) is 11.7 Å². The molecule has 3 N–H and O–H groups in total. The largest absolute Gasteiger partial charge is 0.324 e. The smallest absolute Gasteiger partial charge is 0.324 e. The van der Waals surface area contributed by atoms with Crippen LogP contribution in [0.3, 0.4) is 0 Å². The SMILES string of the molecule is Cc1ccc(-n2nc(C(C)(C)C)cc2NC(=O)Nc2ccc(CC3CCN(C(=O)Nc4cccs4)CC3)cc2)cc1. The summed E-state index contributed by atoms with van der Waals surface area (Å²) in [6, 6.07) is 21.5. The second kappa shape index (κ2) is 12.2. The Bertz CT molecular complexity index is 1460. The Kier molecular flexibility index (Phi) is 8.44. The quantitative estimate of drug-likeness (QED) is 0.222. The van der Waals surface area contributed by atoms with Crippen LogP contribution < -0.4 is 16.0 Å². The Morgan fingerprint density at radius 2 is 1.66 bits per heavy atom. The lowest BCUT2D eigenvalue weighted by Gasteiger charge is -2.32. The molecule has 5 rings (SSSR count). The number of benzene rings is 2. The molecule has 8 nitrogen and oxygen atoms in total. The number of aromatic nitrogens is 2. The number of nitrogens with zero attached hydrogens (tertiary/aromatic N) is 3. The highest BCUT2D eigenvalue weighted by atomic mass is 32.1. The number of hydrogen-bond acceptors (Lipinski definition) is 4. The molecule has 0 unspecified atom stereocenters. The molecule has 2 aromatic heterocycles. The molecule has 1 aliphatic rings. The second-order valence-corrected chi connectivity index (χ2v) is 12.7. The number of aryl methyl sites for hydroxylation is 1. The predicted molar refractivity (Wildman–Crippen MR) is 167 cm³/mol. The number of rotatable bonds is 6. The van der Waals surface area contributed by atoms with E-state index < -0.39 is 0 Å². The molecule has 0 radical (unpaired) electrons. The summed E-state index contributed by atoms with van der Waals surface area (Å²) >= 11 is 1.53. The molecular weight excluding hydrogens is 532 g/mol. The Morgan fingerprint density at radius 3 is 2.29 bits per heavy atom. The van der Waals surface area contributed by atoms with Crippen molar-refractivity contribution >= 4 is 39.9 Å². The molecule has 1 fully saturated rings. The number of carbonyl (C=O) groups is 2. The van der Waals surface area contributed by atoms with Crippen molar-refractivity contribution in [1.29, 1.82) is 0 Å². The van der Waals surface area contributed by atoms with Crippen molar-refractivity contribution in [3.05, 3.63) is 88.9 Å². The van der Waals surface area contributed by atoms with Gasteiger partial charge in [0.1, 0.15) is 5.82 Å². The molecule has 1 saturated heterocycles. The summed E-state index contributed by atoms with van der Waals surface area (Å²) in [6.45, 7) is 9.88. The van der Waals surface area contributed by atoms with Gasteiger partial charge < -0.3 is 10.2 Å². The number of carbonyl (C=O) groups excluding carboxylic acids is 2. The van der Waals surface area contributed by atoms with Gasteiger partial charge in [0.05, 0.1) is 16.4 Å². The molecule has 3 heterocycles. The van der Waals surface area contributed by atoms with Gasteiger partial charge >= 0.3 is 12.1 Å². The fraction of sp³-hybridized carbons (Fsp3) is 0.344. The summed E-state index contributed by atoms with van der Waals surface area (Å²) in [4.78, 5) is 27.4. The predicted octanol–water partition coefficient (Wildman–Crippen LogP) is 7.67. The van der Waals surface area contributed by atoms with E-state index in [1.807, 2.05) is 71.8 Å².